The minimum absolute atomic E-state index is 0.103. The van der Waals surface area contributed by atoms with Crippen LogP contribution in [0.2, 0.25) is 0 Å². The van der Waals surface area contributed by atoms with E-state index in [1.807, 2.05) is 115 Å². The van der Waals surface area contributed by atoms with Crippen molar-refractivity contribution in [1.29, 1.82) is 0 Å². The smallest absolute Gasteiger partial charge is 0.298 e. The lowest BCUT2D eigenvalue weighted by atomic mass is 10.0. The molecule has 1 amide bonds. The first-order valence-corrected chi connectivity index (χ1v) is 13.0. The molecule has 5 aromatic rings. The summed E-state index contributed by atoms with van der Waals surface area (Å²) in [6.07, 6.45) is 11.5. The van der Waals surface area contributed by atoms with Crippen LogP contribution in [-0.4, -0.2) is 26.0 Å². The second-order valence-corrected chi connectivity index (χ2v) is 9.48. The average Bonchev–Trinajstić information content (AvgIpc) is 3.41. The van der Waals surface area contributed by atoms with Crippen molar-refractivity contribution in [3.05, 3.63) is 146 Å². The molecule has 0 bridgehead atoms. The third-order valence-corrected chi connectivity index (χ3v) is 6.97. The molecule has 6 rings (SSSR count). The Morgan fingerprint density at radius 1 is 0.800 bits per heavy atom. The summed E-state index contributed by atoms with van der Waals surface area (Å²) in [6, 6.07) is 30.6. The van der Waals surface area contributed by atoms with Crippen LogP contribution >= 0.6 is 0 Å². The molecular weight excluding hydrogens is 498 g/mol. The van der Waals surface area contributed by atoms with E-state index in [2.05, 4.69) is 22.1 Å². The van der Waals surface area contributed by atoms with Gasteiger partial charge in [0, 0.05) is 59.6 Å². The van der Waals surface area contributed by atoms with E-state index in [1.165, 1.54) is 0 Å². The molecule has 0 spiro atoms. The van der Waals surface area contributed by atoms with Gasteiger partial charge < -0.3 is 19.5 Å². The molecule has 2 aromatic carbocycles. The first-order chi connectivity index (χ1) is 19.6. The molecule has 1 N–H and O–H groups in total. The summed E-state index contributed by atoms with van der Waals surface area (Å²) < 4.78 is 1.76. The van der Waals surface area contributed by atoms with Gasteiger partial charge in [0.25, 0.3) is 11.7 Å². The van der Waals surface area contributed by atoms with Crippen LogP contribution < -0.4 is 10.2 Å². The summed E-state index contributed by atoms with van der Waals surface area (Å²) in [5.41, 5.74) is 5.23. The van der Waals surface area contributed by atoms with Crippen LogP contribution in [0.1, 0.15) is 29.1 Å². The number of pyridine rings is 2. The molecule has 196 valence electrons. The Hall–Kier alpha value is -5.43. The maximum Gasteiger partial charge on any atom is 0.298 e. The fourth-order valence-corrected chi connectivity index (χ4v) is 4.81. The number of anilines is 2. The molecule has 1 aliphatic rings. The number of amides is 1. The predicted molar refractivity (Wildman–Crippen MR) is 157 cm³/mol. The zero-order valence-electron chi connectivity index (χ0n) is 21.9. The molecular formula is C33H27N5O2. The van der Waals surface area contributed by atoms with Gasteiger partial charge in [0.05, 0.1) is 11.7 Å². The monoisotopic (exact) mass is 525 g/mol. The third-order valence-electron chi connectivity index (χ3n) is 6.97. The van der Waals surface area contributed by atoms with Crippen LogP contribution in [0.4, 0.5) is 11.4 Å². The number of hydrogen-bond acceptors (Lipinski definition) is 5. The topological polar surface area (TPSA) is 70.0 Å². The molecule has 1 aliphatic heterocycles. The number of Topliss-reactive ketones (excluding diaryl/α,β-unsaturated/α-hetero) is 1. The Bertz CT molecular complexity index is 1710. The van der Waals surface area contributed by atoms with Crippen molar-refractivity contribution in [3.63, 3.8) is 0 Å². The lowest BCUT2D eigenvalue weighted by Crippen LogP contribution is -2.25. The number of hydrogen-bond donors (Lipinski definition) is 1. The fraction of sp³-hybridized carbons (Fsp3) is 0.0606. The second kappa shape index (κ2) is 10.7. The minimum atomic E-state index is -0.689. The van der Waals surface area contributed by atoms with E-state index in [-0.39, 0.29) is 6.04 Å². The Balaban J connectivity index is 1.16. The molecule has 7 heteroatoms. The molecule has 4 heterocycles. The highest BCUT2D eigenvalue weighted by Gasteiger charge is 2.25. The maximum absolute atomic E-state index is 13.5. The molecule has 0 fully saturated rings. The van der Waals surface area contributed by atoms with Gasteiger partial charge in [-0.05, 0) is 67.1 Å². The van der Waals surface area contributed by atoms with E-state index in [9.17, 15) is 9.59 Å². The third kappa shape index (κ3) is 4.88. The summed E-state index contributed by atoms with van der Waals surface area (Å²) in [4.78, 5) is 35.1. The van der Waals surface area contributed by atoms with Crippen molar-refractivity contribution in [3.8, 4) is 11.1 Å². The normalized spacial score (nSPS) is 13.4. The Kier molecular flexibility index (Phi) is 6.68. The first kappa shape index (κ1) is 24.9. The summed E-state index contributed by atoms with van der Waals surface area (Å²) in [5.74, 6) is -1.29. The van der Waals surface area contributed by atoms with E-state index in [4.69, 9.17) is 0 Å². The highest BCUT2D eigenvalue weighted by molar-refractivity contribution is 6.47. The summed E-state index contributed by atoms with van der Waals surface area (Å²) >= 11 is 0. The Morgan fingerprint density at radius 3 is 2.25 bits per heavy atom. The largest absolute Gasteiger partial charge is 0.343 e. The summed E-state index contributed by atoms with van der Waals surface area (Å²) in [5, 5.41) is 2.77. The minimum Gasteiger partial charge on any atom is -0.343 e. The number of nitrogens with one attached hydrogen (secondary N) is 1. The van der Waals surface area contributed by atoms with Crippen molar-refractivity contribution < 1.29 is 9.59 Å². The molecule has 3 aromatic heterocycles. The Labute approximate surface area is 232 Å². The van der Waals surface area contributed by atoms with E-state index >= 15 is 0 Å². The van der Waals surface area contributed by atoms with Crippen molar-refractivity contribution in [2.24, 2.45) is 0 Å². The van der Waals surface area contributed by atoms with Gasteiger partial charge >= 0.3 is 0 Å². The van der Waals surface area contributed by atoms with Crippen LogP contribution in [0.25, 0.3) is 16.6 Å². The van der Waals surface area contributed by atoms with Gasteiger partial charge in [-0.15, -0.1) is 0 Å². The molecule has 1 atom stereocenters. The molecule has 0 saturated carbocycles. The second-order valence-electron chi connectivity index (χ2n) is 9.48. The Morgan fingerprint density at radius 2 is 1.52 bits per heavy atom. The lowest BCUT2D eigenvalue weighted by Gasteiger charge is -2.29. The fourth-order valence-electron chi connectivity index (χ4n) is 4.81. The number of rotatable bonds is 7. The first-order valence-electron chi connectivity index (χ1n) is 13.0. The zero-order valence-corrected chi connectivity index (χ0v) is 21.9. The molecule has 0 aliphatic carbocycles. The number of fused-ring (bicyclic) bond motifs is 1. The molecule has 40 heavy (non-hydrogen) atoms. The van der Waals surface area contributed by atoms with Gasteiger partial charge in [-0.3, -0.25) is 14.6 Å². The number of carbonyl (C=O) groups is 2. The number of ketones is 1. The van der Waals surface area contributed by atoms with Crippen molar-refractivity contribution >= 4 is 28.6 Å². The van der Waals surface area contributed by atoms with Crippen molar-refractivity contribution in [2.75, 3.05) is 10.2 Å². The zero-order chi connectivity index (χ0) is 27.5. The van der Waals surface area contributed by atoms with Gasteiger partial charge in [-0.25, -0.2) is 0 Å². The molecule has 7 nitrogen and oxygen atoms in total. The van der Waals surface area contributed by atoms with Crippen LogP contribution in [-0.2, 0) is 4.79 Å². The molecule has 0 saturated heterocycles. The highest BCUT2D eigenvalue weighted by Crippen LogP contribution is 2.29. The van der Waals surface area contributed by atoms with Crippen molar-refractivity contribution in [2.45, 2.75) is 13.0 Å². The van der Waals surface area contributed by atoms with E-state index in [1.54, 1.807) is 28.9 Å². The molecule has 0 radical (unpaired) electrons. The van der Waals surface area contributed by atoms with Crippen LogP contribution in [0, 0.1) is 0 Å². The highest BCUT2D eigenvalue weighted by atomic mass is 16.2. The molecule has 1 unspecified atom stereocenters. The maximum atomic E-state index is 13.5. The van der Waals surface area contributed by atoms with E-state index in [0.29, 0.717) is 11.4 Å². The van der Waals surface area contributed by atoms with Gasteiger partial charge in [-0.1, -0.05) is 42.5 Å². The predicted octanol–water partition coefficient (Wildman–Crippen LogP) is 6.65. The van der Waals surface area contributed by atoms with Crippen LogP contribution in [0.3, 0.4) is 0 Å². The summed E-state index contributed by atoms with van der Waals surface area (Å²) in [7, 11) is 0. The van der Waals surface area contributed by atoms with Gasteiger partial charge in [-0.2, -0.15) is 0 Å². The van der Waals surface area contributed by atoms with Crippen LogP contribution in [0.15, 0.2) is 134 Å². The van der Waals surface area contributed by atoms with Gasteiger partial charge in [0.2, 0.25) is 0 Å². The quantitative estimate of drug-likeness (QED) is 0.190. The van der Waals surface area contributed by atoms with E-state index < -0.39 is 11.7 Å². The van der Waals surface area contributed by atoms with Gasteiger partial charge in [0.15, 0.2) is 0 Å². The van der Waals surface area contributed by atoms with E-state index in [0.717, 1.165) is 28.0 Å². The number of benzene rings is 2. The van der Waals surface area contributed by atoms with Crippen molar-refractivity contribution in [1.82, 2.24) is 14.3 Å². The number of carbonyl (C=O) groups excluding carboxylic acids is 2. The van der Waals surface area contributed by atoms with Crippen LogP contribution in [0.5, 0.6) is 0 Å². The number of aromatic nitrogens is 2. The number of nitrogens with zero attached hydrogens (tertiary/aromatic N) is 4. The SMILES string of the molecule is CC(c1ccccn1)N1C=CN(c2ccc(NC(=O)C(=O)c3c(-c4ccccc4)cc4ccccn34)cc2)C=C1. The van der Waals surface area contributed by atoms with Gasteiger partial charge in [0.1, 0.15) is 5.69 Å². The lowest BCUT2D eigenvalue weighted by molar-refractivity contribution is -0.112. The average molecular weight is 526 g/mol. The standard InChI is InChI=1S/C33H27N5O2/c1-24(30-12-5-7-17-34-30)36-19-21-37(22-20-36)27-15-13-26(14-16-27)35-33(40)32(39)31-29(25-9-3-2-4-10-25)23-28-11-6-8-18-38(28)31/h2-24H,1H3,(H,35,40). The summed E-state index contributed by atoms with van der Waals surface area (Å²) in [6.45, 7) is 2.10.